The van der Waals surface area contributed by atoms with E-state index in [-0.39, 0.29) is 0 Å². The molecule has 5 nitrogen and oxygen atoms in total. The predicted molar refractivity (Wildman–Crippen MR) is 72.6 cm³/mol. The number of pyridine rings is 1. The van der Waals surface area contributed by atoms with E-state index in [2.05, 4.69) is 9.98 Å². The van der Waals surface area contributed by atoms with Gasteiger partial charge in [-0.2, -0.15) is 0 Å². The Kier molecular flexibility index (Phi) is 2.98. The third-order valence-corrected chi connectivity index (χ3v) is 3.29. The summed E-state index contributed by atoms with van der Waals surface area (Å²) in [5.41, 5.74) is 2.83. The van der Waals surface area contributed by atoms with Crippen LogP contribution in [0.4, 0.5) is 5.82 Å². The predicted octanol–water partition coefficient (Wildman–Crippen LogP) is 2.49. The van der Waals surface area contributed by atoms with Crippen molar-refractivity contribution in [3.63, 3.8) is 0 Å². The van der Waals surface area contributed by atoms with Gasteiger partial charge in [0.2, 0.25) is 0 Å². The van der Waals surface area contributed by atoms with Gasteiger partial charge in [-0.15, -0.1) is 11.6 Å². The quantitative estimate of drug-likeness (QED) is 0.640. The number of hydrogen-bond donors (Lipinski definition) is 0. The fourth-order valence-corrected chi connectivity index (χ4v) is 2.28. The Labute approximate surface area is 115 Å². The average Bonchev–Trinajstić information content (AvgIpc) is 3.01. The molecular weight excluding hydrogens is 266 g/mol. The van der Waals surface area contributed by atoms with Gasteiger partial charge in [0.05, 0.1) is 30.4 Å². The molecule has 0 amide bonds. The molecule has 0 aliphatic carbocycles. The SMILES string of the molecule is CCOC(=O)c1cc2c3n(ccc-2n1)CC(CCl)=N3. The van der Waals surface area contributed by atoms with Gasteiger partial charge in [0.25, 0.3) is 0 Å². The maximum absolute atomic E-state index is 11.7. The Morgan fingerprint density at radius 3 is 3.16 bits per heavy atom. The van der Waals surface area contributed by atoms with E-state index in [1.807, 2.05) is 16.8 Å². The van der Waals surface area contributed by atoms with E-state index in [1.165, 1.54) is 0 Å². The molecule has 3 heterocycles. The van der Waals surface area contributed by atoms with Crippen molar-refractivity contribution in [3.05, 3.63) is 24.0 Å². The van der Waals surface area contributed by atoms with Crippen molar-refractivity contribution in [1.82, 2.24) is 9.55 Å². The molecule has 0 saturated heterocycles. The van der Waals surface area contributed by atoms with Crippen LogP contribution in [-0.4, -0.2) is 33.7 Å². The minimum Gasteiger partial charge on any atom is -0.461 e. The van der Waals surface area contributed by atoms with Crippen LogP contribution in [0.3, 0.4) is 0 Å². The molecule has 0 unspecified atom stereocenters. The van der Waals surface area contributed by atoms with Crippen LogP contribution in [0.1, 0.15) is 17.4 Å². The van der Waals surface area contributed by atoms with Crippen molar-refractivity contribution in [1.29, 1.82) is 0 Å². The molecule has 3 aliphatic heterocycles. The number of ether oxygens (including phenoxy) is 1. The number of carbonyl (C=O) groups is 1. The summed E-state index contributed by atoms with van der Waals surface area (Å²) in [5, 5.41) is 0. The first-order valence-electron chi connectivity index (χ1n) is 6.02. The van der Waals surface area contributed by atoms with Crippen molar-refractivity contribution < 1.29 is 9.53 Å². The Morgan fingerprint density at radius 2 is 2.42 bits per heavy atom. The summed E-state index contributed by atoms with van der Waals surface area (Å²) in [6.45, 7) is 2.79. The zero-order valence-electron chi connectivity index (χ0n) is 10.4. The van der Waals surface area contributed by atoms with E-state index >= 15 is 0 Å². The molecule has 0 aromatic carbocycles. The minimum atomic E-state index is -0.406. The number of rotatable bonds is 3. The lowest BCUT2D eigenvalue weighted by molar-refractivity contribution is 0.0520. The zero-order valence-corrected chi connectivity index (χ0v) is 11.1. The summed E-state index contributed by atoms with van der Waals surface area (Å²) in [4.78, 5) is 20.4. The van der Waals surface area contributed by atoms with Crippen LogP contribution in [0.25, 0.3) is 11.3 Å². The van der Waals surface area contributed by atoms with E-state index < -0.39 is 5.97 Å². The maximum atomic E-state index is 11.7. The summed E-state index contributed by atoms with van der Waals surface area (Å²) in [7, 11) is 0. The fourth-order valence-electron chi connectivity index (χ4n) is 2.14. The minimum absolute atomic E-state index is 0.320. The second kappa shape index (κ2) is 4.66. The number of aliphatic imine (C=N–C) groups is 1. The molecule has 0 aromatic heterocycles. The molecule has 0 atom stereocenters. The summed E-state index contributed by atoms with van der Waals surface area (Å²) in [6.07, 6.45) is 1.91. The Bertz CT molecular complexity index is 648. The van der Waals surface area contributed by atoms with Crippen molar-refractivity contribution in [2.24, 2.45) is 4.99 Å². The van der Waals surface area contributed by atoms with Gasteiger partial charge in [-0.3, -0.25) is 0 Å². The number of nitrogens with zero attached hydrogens (tertiary/aromatic N) is 3. The molecule has 19 heavy (non-hydrogen) atoms. The van der Waals surface area contributed by atoms with Gasteiger partial charge in [-0.25, -0.2) is 14.8 Å². The highest BCUT2D eigenvalue weighted by atomic mass is 35.5. The standard InChI is InChI=1S/C13H12ClN3O2/c1-2-19-13(18)11-5-9-10(16-11)3-4-17-7-8(6-14)15-12(9)17/h3-5H,2,6-7H2,1H3. The van der Waals surface area contributed by atoms with Crippen molar-refractivity contribution in [3.8, 4) is 11.3 Å². The van der Waals surface area contributed by atoms with E-state index in [0.717, 1.165) is 22.8 Å². The molecule has 0 N–H and O–H groups in total. The third kappa shape index (κ3) is 2.00. The topological polar surface area (TPSA) is 56.5 Å². The summed E-state index contributed by atoms with van der Waals surface area (Å²) >= 11 is 5.81. The Balaban J connectivity index is 2.07. The van der Waals surface area contributed by atoms with Crippen LogP contribution in [0.15, 0.2) is 23.3 Å². The molecule has 3 rings (SSSR count). The molecule has 0 saturated carbocycles. The van der Waals surface area contributed by atoms with E-state index in [9.17, 15) is 4.79 Å². The van der Waals surface area contributed by atoms with E-state index in [0.29, 0.717) is 24.7 Å². The van der Waals surface area contributed by atoms with Crippen molar-refractivity contribution in [2.75, 3.05) is 12.5 Å². The summed E-state index contributed by atoms with van der Waals surface area (Å²) < 4.78 is 6.95. The second-order valence-electron chi connectivity index (χ2n) is 4.24. The lowest BCUT2D eigenvalue weighted by Gasteiger charge is -2.05. The van der Waals surface area contributed by atoms with Crippen LogP contribution in [0.2, 0.25) is 0 Å². The summed E-state index contributed by atoms with van der Waals surface area (Å²) in [6, 6.07) is 3.59. The average molecular weight is 278 g/mol. The first-order valence-corrected chi connectivity index (χ1v) is 6.55. The van der Waals surface area contributed by atoms with Gasteiger partial charge >= 0.3 is 5.97 Å². The molecule has 3 aliphatic rings. The zero-order chi connectivity index (χ0) is 13.4. The monoisotopic (exact) mass is 277 g/mol. The van der Waals surface area contributed by atoms with Gasteiger partial charge in [0.15, 0.2) is 0 Å². The van der Waals surface area contributed by atoms with Crippen LogP contribution < -0.4 is 0 Å². The maximum Gasteiger partial charge on any atom is 0.356 e. The number of hydrogen-bond acceptors (Lipinski definition) is 4. The Morgan fingerprint density at radius 1 is 1.58 bits per heavy atom. The summed E-state index contributed by atoms with van der Waals surface area (Å²) in [5.74, 6) is 0.801. The highest BCUT2D eigenvalue weighted by Crippen LogP contribution is 2.35. The molecule has 0 fully saturated rings. The molecule has 0 radical (unpaired) electrons. The number of halogens is 1. The van der Waals surface area contributed by atoms with E-state index in [4.69, 9.17) is 16.3 Å². The lowest BCUT2D eigenvalue weighted by atomic mass is 10.2. The van der Waals surface area contributed by atoms with Gasteiger partial charge < -0.3 is 9.30 Å². The smallest absolute Gasteiger partial charge is 0.356 e. The first kappa shape index (κ1) is 12.2. The van der Waals surface area contributed by atoms with Crippen molar-refractivity contribution in [2.45, 2.75) is 13.5 Å². The number of fused-ring (bicyclic) bond motifs is 3. The molecule has 6 heteroatoms. The lowest BCUT2D eigenvalue weighted by Crippen LogP contribution is -2.04. The van der Waals surface area contributed by atoms with Gasteiger partial charge in [-0.05, 0) is 19.1 Å². The third-order valence-electron chi connectivity index (χ3n) is 2.98. The second-order valence-corrected chi connectivity index (χ2v) is 4.51. The largest absolute Gasteiger partial charge is 0.461 e. The van der Waals surface area contributed by atoms with Crippen LogP contribution in [0, 0.1) is 0 Å². The van der Waals surface area contributed by atoms with Gasteiger partial charge in [-0.1, -0.05) is 0 Å². The molecular formula is C13H12ClN3O2. The molecule has 98 valence electrons. The van der Waals surface area contributed by atoms with Crippen LogP contribution in [-0.2, 0) is 11.3 Å². The van der Waals surface area contributed by atoms with E-state index in [1.54, 1.807) is 13.0 Å². The molecule has 0 aromatic rings. The van der Waals surface area contributed by atoms with Gasteiger partial charge in [0.1, 0.15) is 11.5 Å². The number of esters is 1. The fraction of sp³-hybridized carbons (Fsp3) is 0.308. The van der Waals surface area contributed by atoms with Crippen molar-refractivity contribution >= 4 is 29.1 Å². The van der Waals surface area contributed by atoms with Crippen LogP contribution in [0.5, 0.6) is 0 Å². The first-order chi connectivity index (χ1) is 9.22. The highest BCUT2D eigenvalue weighted by molar-refractivity contribution is 6.29. The number of carbonyl (C=O) groups excluding carboxylic acids is 1. The van der Waals surface area contributed by atoms with Gasteiger partial charge in [0, 0.05) is 11.8 Å². The molecule has 0 spiro atoms. The number of aromatic nitrogens is 2. The number of alkyl halides is 1. The molecule has 0 bridgehead atoms. The highest BCUT2D eigenvalue weighted by Gasteiger charge is 2.23. The normalized spacial score (nSPS) is 13.5. The van der Waals surface area contributed by atoms with Crippen LogP contribution >= 0.6 is 11.6 Å². The Hall–Kier alpha value is -1.88.